The lowest BCUT2D eigenvalue weighted by atomic mass is 9.92. The minimum atomic E-state index is -0.363. The summed E-state index contributed by atoms with van der Waals surface area (Å²) in [5.41, 5.74) is -0.363. The molecule has 0 saturated carbocycles. The van der Waals surface area contributed by atoms with E-state index in [-0.39, 0.29) is 5.54 Å². The van der Waals surface area contributed by atoms with Crippen molar-refractivity contribution >= 4 is 0 Å². The highest BCUT2D eigenvalue weighted by molar-refractivity contribution is 5.06. The Morgan fingerprint density at radius 1 is 1.35 bits per heavy atom. The molecule has 0 spiro atoms. The van der Waals surface area contributed by atoms with E-state index in [1.807, 2.05) is 0 Å². The number of nitrogens with one attached hydrogen (secondary N) is 1. The lowest BCUT2D eigenvalue weighted by Crippen LogP contribution is -2.44. The van der Waals surface area contributed by atoms with Crippen molar-refractivity contribution in [1.29, 1.82) is 5.26 Å². The Morgan fingerprint density at radius 3 is 2.70 bits per heavy atom. The molecule has 1 saturated heterocycles. The lowest BCUT2D eigenvalue weighted by Gasteiger charge is -2.27. The van der Waals surface area contributed by atoms with Crippen LogP contribution in [0.25, 0.3) is 0 Å². The van der Waals surface area contributed by atoms with E-state index < -0.39 is 0 Å². The third-order valence-corrected chi connectivity index (χ3v) is 4.12. The Morgan fingerprint density at radius 2 is 2.10 bits per heavy atom. The van der Waals surface area contributed by atoms with Gasteiger partial charge in [0.2, 0.25) is 0 Å². The average Bonchev–Trinajstić information content (AvgIpc) is 2.51. The Labute approximate surface area is 123 Å². The fraction of sp³-hybridized carbons (Fsp3) is 0.938. The summed E-state index contributed by atoms with van der Waals surface area (Å²) in [6.45, 7) is 8.47. The second-order valence-corrected chi connectivity index (χ2v) is 5.71. The van der Waals surface area contributed by atoms with Gasteiger partial charge in [-0.05, 0) is 51.0 Å². The zero-order valence-corrected chi connectivity index (χ0v) is 13.1. The standard InChI is InChI=1S/C16H30N2O2/c1-3-9-18-16(4-2,14-17)8-5-10-20-13-15-6-11-19-12-7-15/h15,18H,3-13H2,1-2H3. The lowest BCUT2D eigenvalue weighted by molar-refractivity contribution is 0.0191. The fourth-order valence-electron chi connectivity index (χ4n) is 2.57. The molecule has 1 N–H and O–H groups in total. The van der Waals surface area contributed by atoms with Crippen molar-refractivity contribution in [3.63, 3.8) is 0 Å². The highest BCUT2D eigenvalue weighted by Gasteiger charge is 2.26. The summed E-state index contributed by atoms with van der Waals surface area (Å²) in [5.74, 6) is 0.661. The van der Waals surface area contributed by atoms with Gasteiger partial charge in [0.15, 0.2) is 0 Å². The highest BCUT2D eigenvalue weighted by atomic mass is 16.5. The predicted octanol–water partition coefficient (Wildman–Crippen LogP) is 2.88. The second kappa shape index (κ2) is 10.1. The first-order chi connectivity index (χ1) is 9.76. The number of hydrogen-bond donors (Lipinski definition) is 1. The van der Waals surface area contributed by atoms with Crippen LogP contribution in [-0.4, -0.2) is 38.5 Å². The molecular formula is C16H30N2O2. The molecule has 0 aromatic rings. The highest BCUT2D eigenvalue weighted by Crippen LogP contribution is 2.18. The third-order valence-electron chi connectivity index (χ3n) is 4.12. The van der Waals surface area contributed by atoms with Crippen LogP contribution in [0.3, 0.4) is 0 Å². The number of nitrogens with zero attached hydrogens (tertiary/aromatic N) is 1. The van der Waals surface area contributed by atoms with Crippen LogP contribution < -0.4 is 5.32 Å². The van der Waals surface area contributed by atoms with Crippen LogP contribution in [0.1, 0.15) is 52.4 Å². The van der Waals surface area contributed by atoms with Crippen LogP contribution in [0.2, 0.25) is 0 Å². The average molecular weight is 282 g/mol. The van der Waals surface area contributed by atoms with Gasteiger partial charge in [-0.15, -0.1) is 0 Å². The van der Waals surface area contributed by atoms with Gasteiger partial charge in [0.25, 0.3) is 0 Å². The van der Waals surface area contributed by atoms with E-state index in [0.717, 1.165) is 71.5 Å². The molecule has 0 bridgehead atoms. The maximum absolute atomic E-state index is 9.40. The van der Waals surface area contributed by atoms with Crippen molar-refractivity contribution < 1.29 is 9.47 Å². The van der Waals surface area contributed by atoms with Gasteiger partial charge in [-0.3, -0.25) is 5.32 Å². The number of hydrogen-bond acceptors (Lipinski definition) is 4. The zero-order chi connectivity index (χ0) is 14.7. The summed E-state index contributed by atoms with van der Waals surface area (Å²) in [6.07, 6.45) is 5.96. The van der Waals surface area contributed by atoms with Gasteiger partial charge in [0.1, 0.15) is 5.54 Å². The minimum absolute atomic E-state index is 0.363. The van der Waals surface area contributed by atoms with E-state index >= 15 is 0 Å². The molecule has 0 aromatic heterocycles. The first-order valence-electron chi connectivity index (χ1n) is 8.08. The van der Waals surface area contributed by atoms with Crippen molar-refractivity contribution in [2.24, 2.45) is 5.92 Å². The molecule has 0 radical (unpaired) electrons. The summed E-state index contributed by atoms with van der Waals surface area (Å²) >= 11 is 0. The molecule has 0 aromatic carbocycles. The van der Waals surface area contributed by atoms with E-state index in [0.29, 0.717) is 5.92 Å². The molecule has 4 heteroatoms. The molecule has 1 rings (SSSR count). The summed E-state index contributed by atoms with van der Waals surface area (Å²) in [5, 5.41) is 12.8. The monoisotopic (exact) mass is 282 g/mol. The van der Waals surface area contributed by atoms with E-state index in [1.54, 1.807) is 0 Å². The maximum atomic E-state index is 9.40. The van der Waals surface area contributed by atoms with Gasteiger partial charge in [0.05, 0.1) is 6.07 Å². The molecule has 1 heterocycles. The summed E-state index contributed by atoms with van der Waals surface area (Å²) in [7, 11) is 0. The van der Waals surface area contributed by atoms with Crippen LogP contribution in [0.15, 0.2) is 0 Å². The quantitative estimate of drug-likeness (QED) is 0.626. The summed E-state index contributed by atoms with van der Waals surface area (Å²) in [6, 6.07) is 2.46. The SMILES string of the molecule is CCCNC(C#N)(CC)CCCOCC1CCOCC1. The van der Waals surface area contributed by atoms with Crippen molar-refractivity contribution in [2.45, 2.75) is 57.9 Å². The zero-order valence-electron chi connectivity index (χ0n) is 13.1. The molecule has 1 atom stereocenters. The van der Waals surface area contributed by atoms with Crippen molar-refractivity contribution in [1.82, 2.24) is 5.32 Å². The van der Waals surface area contributed by atoms with Gasteiger partial charge in [0, 0.05) is 26.4 Å². The summed E-state index contributed by atoms with van der Waals surface area (Å²) in [4.78, 5) is 0. The molecule has 116 valence electrons. The molecule has 4 nitrogen and oxygen atoms in total. The van der Waals surface area contributed by atoms with Crippen LogP contribution in [0, 0.1) is 17.2 Å². The fourth-order valence-corrected chi connectivity index (χ4v) is 2.57. The third kappa shape index (κ3) is 6.21. The maximum Gasteiger partial charge on any atom is 0.106 e. The molecule has 1 unspecified atom stereocenters. The topological polar surface area (TPSA) is 54.3 Å². The minimum Gasteiger partial charge on any atom is -0.381 e. The molecule has 0 amide bonds. The normalized spacial score (nSPS) is 19.4. The molecule has 20 heavy (non-hydrogen) atoms. The molecular weight excluding hydrogens is 252 g/mol. The summed E-state index contributed by atoms with van der Waals surface area (Å²) < 4.78 is 11.1. The van der Waals surface area contributed by atoms with E-state index in [9.17, 15) is 5.26 Å². The van der Waals surface area contributed by atoms with Crippen LogP contribution in [0.4, 0.5) is 0 Å². The first-order valence-corrected chi connectivity index (χ1v) is 8.08. The first kappa shape index (κ1) is 17.4. The van der Waals surface area contributed by atoms with Crippen molar-refractivity contribution in [3.8, 4) is 6.07 Å². The number of ether oxygens (including phenoxy) is 2. The Hall–Kier alpha value is -0.630. The van der Waals surface area contributed by atoms with Crippen LogP contribution in [0.5, 0.6) is 0 Å². The van der Waals surface area contributed by atoms with Crippen molar-refractivity contribution in [2.75, 3.05) is 33.0 Å². The van der Waals surface area contributed by atoms with Crippen LogP contribution >= 0.6 is 0 Å². The second-order valence-electron chi connectivity index (χ2n) is 5.71. The molecule has 1 aliphatic heterocycles. The van der Waals surface area contributed by atoms with Gasteiger partial charge >= 0.3 is 0 Å². The largest absolute Gasteiger partial charge is 0.381 e. The number of rotatable bonds is 10. The smallest absolute Gasteiger partial charge is 0.106 e. The van der Waals surface area contributed by atoms with Gasteiger partial charge in [-0.2, -0.15) is 5.26 Å². The molecule has 1 fully saturated rings. The van der Waals surface area contributed by atoms with Gasteiger partial charge in [-0.25, -0.2) is 0 Å². The van der Waals surface area contributed by atoms with E-state index in [1.165, 1.54) is 0 Å². The van der Waals surface area contributed by atoms with Crippen LogP contribution in [-0.2, 0) is 9.47 Å². The molecule has 0 aliphatic carbocycles. The Balaban J connectivity index is 2.15. The van der Waals surface area contributed by atoms with Crippen molar-refractivity contribution in [3.05, 3.63) is 0 Å². The predicted molar refractivity (Wildman–Crippen MR) is 80.5 cm³/mol. The molecule has 1 aliphatic rings. The van der Waals surface area contributed by atoms with E-state index in [4.69, 9.17) is 9.47 Å². The van der Waals surface area contributed by atoms with E-state index in [2.05, 4.69) is 25.2 Å². The Bertz CT molecular complexity index is 285. The van der Waals surface area contributed by atoms with Gasteiger partial charge < -0.3 is 9.47 Å². The van der Waals surface area contributed by atoms with Gasteiger partial charge in [-0.1, -0.05) is 13.8 Å². The Kier molecular flexibility index (Phi) is 8.84. The number of nitriles is 1.